The highest BCUT2D eigenvalue weighted by Gasteiger charge is 2.27. The minimum Gasteiger partial charge on any atom is -0.400 e. The molecule has 0 amide bonds. The number of unbranched alkanes of at least 4 members (excludes halogenated alkanes) is 1. The zero-order chi connectivity index (χ0) is 19.8. The second kappa shape index (κ2) is 10.2. The molecule has 0 bridgehead atoms. The van der Waals surface area contributed by atoms with Gasteiger partial charge in [-0.3, -0.25) is 14.9 Å². The maximum atomic E-state index is 6.40. The lowest BCUT2D eigenvalue weighted by Gasteiger charge is -2.35. The molecule has 0 spiro atoms. The van der Waals surface area contributed by atoms with Crippen LogP contribution in [0.3, 0.4) is 0 Å². The van der Waals surface area contributed by atoms with Crippen LogP contribution in [0.5, 0.6) is 0 Å². The molecule has 0 fully saturated rings. The van der Waals surface area contributed by atoms with Gasteiger partial charge in [-0.2, -0.15) is 0 Å². The number of aryl methyl sites for hydroxylation is 1. The van der Waals surface area contributed by atoms with Gasteiger partial charge in [-0.05, 0) is 69.0 Å². The van der Waals surface area contributed by atoms with Crippen molar-refractivity contribution in [3.05, 3.63) is 71.8 Å². The Morgan fingerprint density at radius 1 is 1.14 bits per heavy atom. The number of nitrogens with two attached hydrogens (primary N) is 3. The Balaban J connectivity index is 1.76. The van der Waals surface area contributed by atoms with Gasteiger partial charge in [0.1, 0.15) is 0 Å². The van der Waals surface area contributed by atoms with Crippen LogP contribution >= 0.6 is 0 Å². The summed E-state index contributed by atoms with van der Waals surface area (Å²) in [6, 6.07) is 14.3. The molecule has 1 aromatic heterocycles. The molecular weight excluding hydrogens is 348 g/mol. The molecule has 0 saturated carbocycles. The van der Waals surface area contributed by atoms with E-state index in [0.29, 0.717) is 13.1 Å². The lowest BCUT2D eigenvalue weighted by molar-refractivity contribution is 0.185. The van der Waals surface area contributed by atoms with Crippen LogP contribution in [0.15, 0.2) is 60.6 Å². The van der Waals surface area contributed by atoms with Crippen molar-refractivity contribution in [1.29, 1.82) is 0 Å². The molecule has 6 heteroatoms. The standard InChI is InChI=1S/C22H32N6/c23-13-4-5-15-27(21-12-6-8-18-9-7-14-26-22(18)21)16-19(24)17-28(25)20-10-2-1-3-11-20/h1-3,7,9-11,14,17,21H,4-6,8,12-13,15-16,23-25H2/b19-17-. The number of rotatable bonds is 9. The molecule has 6 nitrogen and oxygen atoms in total. The summed E-state index contributed by atoms with van der Waals surface area (Å²) in [5, 5.41) is 1.58. The summed E-state index contributed by atoms with van der Waals surface area (Å²) in [4.78, 5) is 7.14. The Morgan fingerprint density at radius 2 is 1.96 bits per heavy atom. The van der Waals surface area contributed by atoms with Crippen molar-refractivity contribution >= 4 is 5.69 Å². The predicted molar refractivity (Wildman–Crippen MR) is 115 cm³/mol. The number of anilines is 1. The summed E-state index contributed by atoms with van der Waals surface area (Å²) in [5.74, 6) is 6.18. The highest BCUT2D eigenvalue weighted by molar-refractivity contribution is 5.47. The predicted octanol–water partition coefficient (Wildman–Crippen LogP) is 2.68. The van der Waals surface area contributed by atoms with Gasteiger partial charge in [-0.25, -0.2) is 5.84 Å². The van der Waals surface area contributed by atoms with Gasteiger partial charge in [0, 0.05) is 24.6 Å². The number of hydrogen-bond donors (Lipinski definition) is 3. The smallest absolute Gasteiger partial charge is 0.0607 e. The van der Waals surface area contributed by atoms with Crippen molar-refractivity contribution in [3.8, 4) is 0 Å². The topological polar surface area (TPSA) is 97.4 Å². The van der Waals surface area contributed by atoms with Crippen LogP contribution in [0.2, 0.25) is 0 Å². The minimum absolute atomic E-state index is 0.289. The number of benzene rings is 1. The van der Waals surface area contributed by atoms with Crippen LogP contribution < -0.4 is 22.3 Å². The Labute approximate surface area is 168 Å². The molecular formula is C22H32N6. The van der Waals surface area contributed by atoms with E-state index in [1.807, 2.05) is 48.8 Å². The average molecular weight is 381 g/mol. The number of fused-ring (bicyclic) bond motifs is 1. The van der Waals surface area contributed by atoms with Crippen LogP contribution in [0.25, 0.3) is 0 Å². The van der Waals surface area contributed by atoms with Crippen LogP contribution in [0.1, 0.15) is 43.0 Å². The first-order chi connectivity index (χ1) is 13.7. The molecule has 1 unspecified atom stereocenters. The van der Waals surface area contributed by atoms with Gasteiger partial charge in [0.25, 0.3) is 0 Å². The van der Waals surface area contributed by atoms with Crippen LogP contribution in [-0.4, -0.2) is 29.5 Å². The van der Waals surface area contributed by atoms with Gasteiger partial charge < -0.3 is 11.5 Å². The maximum absolute atomic E-state index is 6.40. The van der Waals surface area contributed by atoms with E-state index in [1.54, 1.807) is 5.01 Å². The van der Waals surface area contributed by atoms with E-state index < -0.39 is 0 Å². The van der Waals surface area contributed by atoms with E-state index in [9.17, 15) is 0 Å². The monoisotopic (exact) mass is 380 g/mol. The molecule has 2 aromatic rings. The van der Waals surface area contributed by atoms with Gasteiger partial charge in [-0.15, -0.1) is 0 Å². The van der Waals surface area contributed by atoms with Crippen molar-refractivity contribution in [1.82, 2.24) is 9.88 Å². The van der Waals surface area contributed by atoms with Crippen LogP contribution in [0, 0.1) is 0 Å². The summed E-state index contributed by atoms with van der Waals surface area (Å²) in [6.45, 7) is 2.32. The molecule has 1 aliphatic rings. The maximum Gasteiger partial charge on any atom is 0.0607 e. The molecule has 1 aromatic carbocycles. The van der Waals surface area contributed by atoms with Crippen molar-refractivity contribution < 1.29 is 0 Å². The zero-order valence-corrected chi connectivity index (χ0v) is 16.5. The second-order valence-electron chi connectivity index (χ2n) is 7.37. The second-order valence-corrected chi connectivity index (χ2v) is 7.37. The molecule has 3 rings (SSSR count). The number of aromatic nitrogens is 1. The highest BCUT2D eigenvalue weighted by Crippen LogP contribution is 2.33. The summed E-state index contributed by atoms with van der Waals surface area (Å²) in [5.41, 5.74) is 16.3. The third kappa shape index (κ3) is 5.32. The third-order valence-electron chi connectivity index (χ3n) is 5.25. The van der Waals surface area contributed by atoms with E-state index in [-0.39, 0.29) is 6.04 Å². The lowest BCUT2D eigenvalue weighted by atomic mass is 9.90. The molecule has 0 aliphatic heterocycles. The normalized spacial score (nSPS) is 16.8. The number of hydrazine groups is 1. The Bertz CT molecular complexity index is 761. The van der Waals surface area contributed by atoms with E-state index >= 15 is 0 Å². The average Bonchev–Trinajstić information content (AvgIpc) is 2.73. The molecule has 0 saturated heterocycles. The van der Waals surface area contributed by atoms with Crippen molar-refractivity contribution in [2.45, 2.75) is 38.1 Å². The summed E-state index contributed by atoms with van der Waals surface area (Å²) in [6.07, 6.45) is 9.14. The van der Waals surface area contributed by atoms with Crippen molar-refractivity contribution in [2.75, 3.05) is 24.6 Å². The Morgan fingerprint density at radius 3 is 2.75 bits per heavy atom. The summed E-state index contributed by atoms with van der Waals surface area (Å²) >= 11 is 0. The van der Waals surface area contributed by atoms with E-state index in [2.05, 4.69) is 11.0 Å². The van der Waals surface area contributed by atoms with Gasteiger partial charge in [0.2, 0.25) is 0 Å². The van der Waals surface area contributed by atoms with Gasteiger partial charge in [-0.1, -0.05) is 24.3 Å². The van der Waals surface area contributed by atoms with Crippen molar-refractivity contribution in [3.63, 3.8) is 0 Å². The first kappa shape index (κ1) is 20.3. The molecule has 28 heavy (non-hydrogen) atoms. The number of pyridine rings is 1. The molecule has 0 radical (unpaired) electrons. The first-order valence-electron chi connectivity index (χ1n) is 10.1. The zero-order valence-electron chi connectivity index (χ0n) is 16.5. The fraction of sp³-hybridized carbons (Fsp3) is 0.409. The van der Waals surface area contributed by atoms with Gasteiger partial charge in [0.05, 0.1) is 17.4 Å². The van der Waals surface area contributed by atoms with E-state index in [4.69, 9.17) is 22.3 Å². The highest BCUT2D eigenvalue weighted by atomic mass is 15.4. The number of hydrogen-bond acceptors (Lipinski definition) is 6. The fourth-order valence-corrected chi connectivity index (χ4v) is 3.87. The first-order valence-corrected chi connectivity index (χ1v) is 10.1. The fourth-order valence-electron chi connectivity index (χ4n) is 3.87. The molecule has 1 aliphatic carbocycles. The summed E-state index contributed by atoms with van der Waals surface area (Å²) in [7, 11) is 0. The lowest BCUT2D eigenvalue weighted by Crippen LogP contribution is -2.37. The number of nitrogens with zero attached hydrogens (tertiary/aromatic N) is 3. The number of para-hydroxylation sites is 1. The SMILES string of the molecule is NCCCCN(C/C(N)=C/N(N)c1ccccc1)C1CCCc2cccnc21. The van der Waals surface area contributed by atoms with Crippen LogP contribution in [-0.2, 0) is 6.42 Å². The minimum atomic E-state index is 0.289. The Hall–Kier alpha value is -2.41. The summed E-state index contributed by atoms with van der Waals surface area (Å²) < 4.78 is 0. The largest absolute Gasteiger partial charge is 0.400 e. The van der Waals surface area contributed by atoms with Crippen molar-refractivity contribution in [2.24, 2.45) is 17.3 Å². The molecule has 150 valence electrons. The molecule has 6 N–H and O–H groups in total. The van der Waals surface area contributed by atoms with E-state index in [1.165, 1.54) is 17.7 Å². The van der Waals surface area contributed by atoms with E-state index in [0.717, 1.165) is 43.6 Å². The quantitative estimate of drug-likeness (QED) is 0.351. The molecule has 1 atom stereocenters. The van der Waals surface area contributed by atoms with Gasteiger partial charge >= 0.3 is 0 Å². The Kier molecular flexibility index (Phi) is 7.42. The molecule has 1 heterocycles. The van der Waals surface area contributed by atoms with Gasteiger partial charge in [0.15, 0.2) is 0 Å². The van der Waals surface area contributed by atoms with Crippen LogP contribution in [0.4, 0.5) is 5.69 Å². The third-order valence-corrected chi connectivity index (χ3v) is 5.25.